The zero-order valence-electron chi connectivity index (χ0n) is 20.7. The Morgan fingerprint density at radius 2 is 1.74 bits per heavy atom. The van der Waals surface area contributed by atoms with E-state index in [0.29, 0.717) is 12.5 Å². The van der Waals surface area contributed by atoms with Crippen molar-refractivity contribution in [3.63, 3.8) is 0 Å². The predicted octanol–water partition coefficient (Wildman–Crippen LogP) is 7.64. The normalized spacial score (nSPS) is 18.5. The van der Waals surface area contributed by atoms with Crippen LogP contribution >= 0.6 is 0 Å². The molecule has 3 nitrogen and oxygen atoms in total. The maximum absolute atomic E-state index is 6.32. The monoisotopic (exact) mass is 458 g/mol. The van der Waals surface area contributed by atoms with Gasteiger partial charge in [0, 0.05) is 22.3 Å². The SMILES string of the molecule is CC1COc2c1c1nc3cc(Cc4ccccc4)ccc3nc1c1c3c(ccc21)C(C)(C)CCC3. The van der Waals surface area contributed by atoms with E-state index < -0.39 is 0 Å². The lowest BCUT2D eigenvalue weighted by atomic mass is 9.71. The van der Waals surface area contributed by atoms with E-state index in [1.807, 2.05) is 0 Å². The molecule has 0 amide bonds. The average Bonchev–Trinajstić information content (AvgIpc) is 3.25. The summed E-state index contributed by atoms with van der Waals surface area (Å²) in [5.41, 5.74) is 10.9. The minimum atomic E-state index is 0.178. The Labute approximate surface area is 206 Å². The van der Waals surface area contributed by atoms with Gasteiger partial charge in [-0.05, 0) is 65.5 Å². The van der Waals surface area contributed by atoms with Crippen molar-refractivity contribution in [3.8, 4) is 5.75 Å². The second-order valence-electron chi connectivity index (χ2n) is 11.1. The maximum atomic E-state index is 6.32. The van der Waals surface area contributed by atoms with E-state index in [9.17, 15) is 0 Å². The number of aromatic nitrogens is 2. The molecule has 0 bridgehead atoms. The van der Waals surface area contributed by atoms with Gasteiger partial charge < -0.3 is 4.74 Å². The van der Waals surface area contributed by atoms with Gasteiger partial charge >= 0.3 is 0 Å². The molecule has 2 aliphatic rings. The lowest BCUT2D eigenvalue weighted by Crippen LogP contribution is -2.24. The zero-order valence-corrected chi connectivity index (χ0v) is 20.7. The maximum Gasteiger partial charge on any atom is 0.133 e. The van der Waals surface area contributed by atoms with Crippen LogP contribution in [0.3, 0.4) is 0 Å². The highest BCUT2D eigenvalue weighted by atomic mass is 16.5. The summed E-state index contributed by atoms with van der Waals surface area (Å²) in [5, 5.41) is 2.48. The van der Waals surface area contributed by atoms with Gasteiger partial charge in [-0.25, -0.2) is 9.97 Å². The van der Waals surface area contributed by atoms with Crippen LogP contribution in [0, 0.1) is 0 Å². The van der Waals surface area contributed by atoms with Gasteiger partial charge in [0.15, 0.2) is 0 Å². The van der Waals surface area contributed by atoms with Crippen molar-refractivity contribution in [2.75, 3.05) is 6.61 Å². The second-order valence-corrected chi connectivity index (χ2v) is 11.1. The van der Waals surface area contributed by atoms with Crippen LogP contribution in [-0.2, 0) is 18.3 Å². The van der Waals surface area contributed by atoms with Gasteiger partial charge in [0.25, 0.3) is 0 Å². The molecule has 1 aliphatic carbocycles. The number of fused-ring (bicyclic) bond motifs is 9. The Kier molecular flexibility index (Phi) is 4.48. The number of hydrogen-bond acceptors (Lipinski definition) is 3. The van der Waals surface area contributed by atoms with Gasteiger partial charge in [0.2, 0.25) is 0 Å². The molecule has 0 N–H and O–H groups in total. The van der Waals surface area contributed by atoms with Crippen LogP contribution in [0.2, 0.25) is 0 Å². The molecule has 0 spiro atoms. The molecular formula is C32H30N2O. The van der Waals surface area contributed by atoms with Crippen molar-refractivity contribution in [1.29, 1.82) is 0 Å². The molecular weight excluding hydrogens is 428 g/mol. The van der Waals surface area contributed by atoms with Crippen molar-refractivity contribution in [2.24, 2.45) is 0 Å². The quantitative estimate of drug-likeness (QED) is 0.201. The van der Waals surface area contributed by atoms with Gasteiger partial charge in [0.1, 0.15) is 5.75 Å². The van der Waals surface area contributed by atoms with Crippen molar-refractivity contribution in [1.82, 2.24) is 9.97 Å². The van der Waals surface area contributed by atoms with Crippen LogP contribution in [0.15, 0.2) is 60.7 Å². The average molecular weight is 459 g/mol. The van der Waals surface area contributed by atoms with E-state index in [2.05, 4.69) is 81.4 Å². The summed E-state index contributed by atoms with van der Waals surface area (Å²) in [6.07, 6.45) is 4.42. The summed E-state index contributed by atoms with van der Waals surface area (Å²) in [6.45, 7) is 7.71. The standard InChI is InChI=1S/C32H30N2O/c1-19-18-35-31-23-12-13-24-22(10-7-15-32(24,2)3)28(23)30-29(27(19)31)34-26-17-21(11-14-25(26)33-30)16-20-8-5-4-6-9-20/h4-6,8-9,11-14,17,19H,7,10,15-16,18H2,1-3H3. The number of aryl methyl sites for hydroxylation is 1. The molecule has 1 aromatic heterocycles. The predicted molar refractivity (Wildman–Crippen MR) is 144 cm³/mol. The molecule has 0 fully saturated rings. The lowest BCUT2D eigenvalue weighted by Gasteiger charge is -2.33. The molecule has 1 unspecified atom stereocenters. The first kappa shape index (κ1) is 20.9. The fraction of sp³-hybridized carbons (Fsp3) is 0.312. The summed E-state index contributed by atoms with van der Waals surface area (Å²) in [6, 6.07) is 21.8. The van der Waals surface area contributed by atoms with Crippen molar-refractivity contribution >= 4 is 32.8 Å². The van der Waals surface area contributed by atoms with E-state index in [4.69, 9.17) is 14.7 Å². The van der Waals surface area contributed by atoms with Crippen molar-refractivity contribution in [2.45, 2.75) is 57.8 Å². The Bertz CT molecular complexity index is 1640. The molecule has 35 heavy (non-hydrogen) atoms. The molecule has 0 saturated carbocycles. The van der Waals surface area contributed by atoms with Crippen LogP contribution < -0.4 is 4.74 Å². The van der Waals surface area contributed by atoms with Crippen LogP contribution in [0.4, 0.5) is 0 Å². The highest BCUT2D eigenvalue weighted by molar-refractivity contribution is 6.13. The topological polar surface area (TPSA) is 35.0 Å². The van der Waals surface area contributed by atoms with E-state index >= 15 is 0 Å². The molecule has 5 aromatic rings. The molecule has 1 aliphatic heterocycles. The first-order chi connectivity index (χ1) is 17.0. The van der Waals surface area contributed by atoms with Gasteiger partial charge in [-0.2, -0.15) is 0 Å². The minimum absolute atomic E-state index is 0.178. The number of rotatable bonds is 2. The zero-order chi connectivity index (χ0) is 23.7. The Hall–Kier alpha value is -3.46. The first-order valence-corrected chi connectivity index (χ1v) is 12.9. The molecule has 0 radical (unpaired) electrons. The van der Waals surface area contributed by atoms with E-state index in [1.54, 1.807) is 0 Å². The van der Waals surface area contributed by atoms with Crippen molar-refractivity contribution < 1.29 is 4.74 Å². The summed E-state index contributed by atoms with van der Waals surface area (Å²) in [4.78, 5) is 10.6. The van der Waals surface area contributed by atoms with E-state index in [0.717, 1.165) is 40.7 Å². The fourth-order valence-corrected chi connectivity index (χ4v) is 6.40. The summed E-state index contributed by atoms with van der Waals surface area (Å²) < 4.78 is 6.32. The first-order valence-electron chi connectivity index (χ1n) is 12.9. The number of hydrogen-bond donors (Lipinski definition) is 0. The van der Waals surface area contributed by atoms with Crippen LogP contribution in [-0.4, -0.2) is 16.6 Å². The minimum Gasteiger partial charge on any atom is -0.492 e. The largest absolute Gasteiger partial charge is 0.492 e. The molecule has 1 atom stereocenters. The number of nitrogens with zero attached hydrogens (tertiary/aromatic N) is 2. The van der Waals surface area contributed by atoms with Crippen molar-refractivity contribution in [3.05, 3.63) is 88.5 Å². The third kappa shape index (κ3) is 3.17. The molecule has 2 heterocycles. The smallest absolute Gasteiger partial charge is 0.133 e. The van der Waals surface area contributed by atoms with Gasteiger partial charge in [-0.1, -0.05) is 69.3 Å². The van der Waals surface area contributed by atoms with Crippen LogP contribution in [0.25, 0.3) is 32.8 Å². The van der Waals surface area contributed by atoms with Gasteiger partial charge in [-0.3, -0.25) is 0 Å². The Balaban J connectivity index is 1.52. The molecule has 7 rings (SSSR count). The number of benzene rings is 4. The highest BCUT2D eigenvalue weighted by Crippen LogP contribution is 2.49. The van der Waals surface area contributed by atoms with E-state index in [-0.39, 0.29) is 5.41 Å². The third-order valence-corrected chi connectivity index (χ3v) is 8.20. The molecule has 0 saturated heterocycles. The second kappa shape index (κ2) is 7.52. The Morgan fingerprint density at radius 3 is 2.60 bits per heavy atom. The summed E-state index contributed by atoms with van der Waals surface area (Å²) in [7, 11) is 0. The summed E-state index contributed by atoms with van der Waals surface area (Å²) >= 11 is 0. The van der Waals surface area contributed by atoms with Gasteiger partial charge in [0.05, 0.1) is 28.7 Å². The van der Waals surface area contributed by atoms with Crippen LogP contribution in [0.5, 0.6) is 5.75 Å². The third-order valence-electron chi connectivity index (χ3n) is 8.20. The highest BCUT2D eigenvalue weighted by Gasteiger charge is 2.33. The fourth-order valence-electron chi connectivity index (χ4n) is 6.40. The van der Waals surface area contributed by atoms with Crippen LogP contribution in [0.1, 0.15) is 67.3 Å². The lowest BCUT2D eigenvalue weighted by molar-refractivity contribution is 0.340. The Morgan fingerprint density at radius 1 is 0.914 bits per heavy atom. The summed E-state index contributed by atoms with van der Waals surface area (Å²) in [5.74, 6) is 1.34. The van der Waals surface area contributed by atoms with E-state index in [1.165, 1.54) is 51.4 Å². The van der Waals surface area contributed by atoms with Gasteiger partial charge in [-0.15, -0.1) is 0 Å². The molecule has 4 aromatic carbocycles. The molecule has 174 valence electrons. The number of ether oxygens (including phenoxy) is 1. The molecule has 3 heteroatoms.